The van der Waals surface area contributed by atoms with Crippen molar-refractivity contribution >= 4 is 28.8 Å². The number of hydrogen-bond donors (Lipinski definition) is 2. The summed E-state index contributed by atoms with van der Waals surface area (Å²) in [7, 11) is 2.10. The monoisotopic (exact) mass is 412 g/mol. The SMILES string of the molecule is CN1[C@@H](CCC(=O)Nc2ccccc2)CNC(=O)[C@@H]2[C@H]1CCN2Cc1cccs1. The first kappa shape index (κ1) is 20.1. The van der Waals surface area contributed by atoms with E-state index in [1.165, 1.54) is 4.88 Å². The van der Waals surface area contributed by atoms with Crippen LogP contribution in [0.15, 0.2) is 47.8 Å². The van der Waals surface area contributed by atoms with Crippen LogP contribution in [-0.4, -0.2) is 59.9 Å². The van der Waals surface area contributed by atoms with Crippen LogP contribution in [-0.2, 0) is 16.1 Å². The van der Waals surface area contributed by atoms with Crippen molar-refractivity contribution in [3.05, 3.63) is 52.7 Å². The third-order valence-electron chi connectivity index (χ3n) is 6.05. The molecule has 4 rings (SSSR count). The Hall–Kier alpha value is -2.22. The predicted molar refractivity (Wildman–Crippen MR) is 116 cm³/mol. The molecule has 3 heterocycles. The highest BCUT2D eigenvalue weighted by atomic mass is 32.1. The maximum Gasteiger partial charge on any atom is 0.239 e. The lowest BCUT2D eigenvalue weighted by atomic mass is 10.0. The summed E-state index contributed by atoms with van der Waals surface area (Å²) in [6, 6.07) is 14.0. The number of nitrogens with one attached hydrogen (secondary N) is 2. The van der Waals surface area contributed by atoms with Gasteiger partial charge in [0, 0.05) is 48.7 Å². The number of anilines is 1. The number of likely N-dealkylation sites (N-methyl/N-ethyl adjacent to an activating group) is 1. The van der Waals surface area contributed by atoms with Crippen molar-refractivity contribution in [1.29, 1.82) is 0 Å². The molecular formula is C22H28N4O2S. The summed E-state index contributed by atoms with van der Waals surface area (Å²) in [5.41, 5.74) is 0.820. The van der Waals surface area contributed by atoms with Gasteiger partial charge in [-0.25, -0.2) is 0 Å². The second-order valence-electron chi connectivity index (χ2n) is 7.87. The number of benzene rings is 1. The van der Waals surface area contributed by atoms with Gasteiger partial charge in [0.15, 0.2) is 0 Å². The average molecular weight is 413 g/mol. The molecule has 2 aliphatic rings. The fourth-order valence-corrected chi connectivity index (χ4v) is 5.20. The highest BCUT2D eigenvalue weighted by Crippen LogP contribution is 2.29. The Morgan fingerprint density at radius 3 is 2.83 bits per heavy atom. The third kappa shape index (κ3) is 4.69. The van der Waals surface area contributed by atoms with E-state index in [1.807, 2.05) is 30.3 Å². The normalized spacial score (nSPS) is 25.3. The van der Waals surface area contributed by atoms with E-state index in [0.29, 0.717) is 13.0 Å². The first-order valence-electron chi connectivity index (χ1n) is 10.2. The van der Waals surface area contributed by atoms with E-state index in [2.05, 4.69) is 45.0 Å². The van der Waals surface area contributed by atoms with Crippen molar-refractivity contribution in [1.82, 2.24) is 15.1 Å². The van der Waals surface area contributed by atoms with Crippen LogP contribution < -0.4 is 10.6 Å². The Bertz CT molecular complexity index is 827. The minimum Gasteiger partial charge on any atom is -0.353 e. The van der Waals surface area contributed by atoms with Crippen LogP contribution >= 0.6 is 11.3 Å². The van der Waals surface area contributed by atoms with Gasteiger partial charge in [0.1, 0.15) is 6.04 Å². The number of carbonyl (C=O) groups is 2. The van der Waals surface area contributed by atoms with E-state index in [1.54, 1.807) is 11.3 Å². The Morgan fingerprint density at radius 1 is 1.24 bits per heavy atom. The zero-order valence-corrected chi connectivity index (χ0v) is 17.5. The van der Waals surface area contributed by atoms with E-state index < -0.39 is 0 Å². The van der Waals surface area contributed by atoms with Crippen molar-refractivity contribution in [3.63, 3.8) is 0 Å². The van der Waals surface area contributed by atoms with Crippen molar-refractivity contribution in [2.24, 2.45) is 0 Å². The lowest BCUT2D eigenvalue weighted by Gasteiger charge is -2.33. The minimum absolute atomic E-state index is 0.0162. The quantitative estimate of drug-likeness (QED) is 0.765. The fraction of sp³-hybridized carbons (Fsp3) is 0.455. The Morgan fingerprint density at radius 2 is 2.07 bits per heavy atom. The van der Waals surface area contributed by atoms with Gasteiger partial charge in [0.2, 0.25) is 11.8 Å². The van der Waals surface area contributed by atoms with Crippen molar-refractivity contribution in [3.8, 4) is 0 Å². The smallest absolute Gasteiger partial charge is 0.239 e. The van der Waals surface area contributed by atoms with Gasteiger partial charge in [-0.05, 0) is 43.5 Å². The summed E-state index contributed by atoms with van der Waals surface area (Å²) in [5, 5.41) is 8.16. The van der Waals surface area contributed by atoms with Gasteiger partial charge >= 0.3 is 0 Å². The molecule has 29 heavy (non-hydrogen) atoms. The highest BCUT2D eigenvalue weighted by molar-refractivity contribution is 7.09. The lowest BCUT2D eigenvalue weighted by molar-refractivity contribution is -0.126. The standard InChI is InChI=1S/C22H28N4O2S/c1-25-17(9-10-20(27)24-16-6-3-2-4-7-16)14-23-22(28)21-19(25)11-12-26(21)15-18-8-5-13-29-18/h2-8,13,17,19,21H,9-12,14-15H2,1H3,(H,23,28)(H,24,27)/t17-,19+,21-/m0/s1. The number of thiophene rings is 1. The van der Waals surface area contributed by atoms with Crippen molar-refractivity contribution < 1.29 is 9.59 Å². The van der Waals surface area contributed by atoms with E-state index in [9.17, 15) is 9.59 Å². The summed E-state index contributed by atoms with van der Waals surface area (Å²) >= 11 is 1.74. The van der Waals surface area contributed by atoms with E-state index in [0.717, 1.165) is 31.6 Å². The second kappa shape index (κ2) is 9.07. The first-order chi connectivity index (χ1) is 14.1. The molecule has 1 aromatic heterocycles. The Labute approximate surface area is 175 Å². The van der Waals surface area contributed by atoms with E-state index >= 15 is 0 Å². The van der Waals surface area contributed by atoms with Gasteiger partial charge in [-0.3, -0.25) is 19.4 Å². The molecule has 6 nitrogen and oxygen atoms in total. The predicted octanol–water partition coefficient (Wildman–Crippen LogP) is 2.54. The molecule has 2 N–H and O–H groups in total. The zero-order chi connectivity index (χ0) is 20.2. The fourth-order valence-electron chi connectivity index (χ4n) is 4.47. The van der Waals surface area contributed by atoms with Crippen LogP contribution in [0.25, 0.3) is 0 Å². The molecule has 154 valence electrons. The van der Waals surface area contributed by atoms with Crippen molar-refractivity contribution in [2.45, 2.75) is 43.9 Å². The van der Waals surface area contributed by atoms with Crippen molar-refractivity contribution in [2.75, 3.05) is 25.5 Å². The van der Waals surface area contributed by atoms with Gasteiger partial charge in [0.05, 0.1) is 0 Å². The van der Waals surface area contributed by atoms with Crippen LogP contribution in [0.3, 0.4) is 0 Å². The second-order valence-corrected chi connectivity index (χ2v) is 8.90. The molecule has 0 bridgehead atoms. The van der Waals surface area contributed by atoms with Gasteiger partial charge < -0.3 is 10.6 Å². The molecule has 2 fully saturated rings. The Kier molecular flexibility index (Phi) is 6.28. The van der Waals surface area contributed by atoms with Crippen LogP contribution in [0.4, 0.5) is 5.69 Å². The van der Waals surface area contributed by atoms with E-state index in [-0.39, 0.29) is 29.9 Å². The number of hydrogen-bond acceptors (Lipinski definition) is 5. The number of rotatable bonds is 6. The van der Waals surface area contributed by atoms with Gasteiger partial charge in [0.25, 0.3) is 0 Å². The first-order valence-corrected chi connectivity index (χ1v) is 11.1. The summed E-state index contributed by atoms with van der Waals surface area (Å²) in [4.78, 5) is 31.1. The van der Waals surface area contributed by atoms with Gasteiger partial charge in [-0.1, -0.05) is 24.3 Å². The summed E-state index contributed by atoms with van der Waals surface area (Å²) in [6.07, 6.45) is 2.15. The van der Waals surface area contributed by atoms with Gasteiger partial charge in [-0.15, -0.1) is 11.3 Å². The Balaban J connectivity index is 1.36. The van der Waals surface area contributed by atoms with E-state index in [4.69, 9.17) is 0 Å². The lowest BCUT2D eigenvalue weighted by Crippen LogP contribution is -2.49. The van der Waals surface area contributed by atoms with Crippen LogP contribution in [0.1, 0.15) is 24.1 Å². The molecule has 2 amide bonds. The number of likely N-dealkylation sites (tertiary alicyclic amines) is 1. The molecular weight excluding hydrogens is 384 g/mol. The summed E-state index contributed by atoms with van der Waals surface area (Å²) in [6.45, 7) is 2.34. The summed E-state index contributed by atoms with van der Waals surface area (Å²) in [5.74, 6) is 0.134. The molecule has 1 aromatic carbocycles. The van der Waals surface area contributed by atoms with Crippen LogP contribution in [0.5, 0.6) is 0 Å². The molecule has 2 saturated heterocycles. The highest BCUT2D eigenvalue weighted by Gasteiger charge is 2.44. The van der Waals surface area contributed by atoms with Crippen LogP contribution in [0, 0.1) is 0 Å². The number of para-hydroxylation sites is 1. The minimum atomic E-state index is -0.120. The number of nitrogens with zero attached hydrogens (tertiary/aromatic N) is 2. The van der Waals surface area contributed by atoms with Crippen LogP contribution in [0.2, 0.25) is 0 Å². The maximum atomic E-state index is 12.8. The molecule has 0 unspecified atom stereocenters. The molecule has 3 atom stereocenters. The van der Waals surface area contributed by atoms with Gasteiger partial charge in [-0.2, -0.15) is 0 Å². The molecule has 0 spiro atoms. The zero-order valence-electron chi connectivity index (χ0n) is 16.7. The molecule has 7 heteroatoms. The third-order valence-corrected chi connectivity index (χ3v) is 6.91. The number of amides is 2. The molecule has 0 saturated carbocycles. The molecule has 0 aliphatic carbocycles. The number of fused-ring (bicyclic) bond motifs is 1. The molecule has 2 aromatic rings. The summed E-state index contributed by atoms with van der Waals surface area (Å²) < 4.78 is 0. The maximum absolute atomic E-state index is 12.8. The largest absolute Gasteiger partial charge is 0.353 e. The topological polar surface area (TPSA) is 64.7 Å². The molecule has 0 radical (unpaired) electrons. The number of carbonyl (C=O) groups excluding carboxylic acids is 2. The average Bonchev–Trinajstić information content (AvgIpc) is 3.36. The molecule has 2 aliphatic heterocycles.